The van der Waals surface area contributed by atoms with Gasteiger partial charge in [-0.3, -0.25) is 0 Å². The lowest BCUT2D eigenvalue weighted by Gasteiger charge is -2.24. The summed E-state index contributed by atoms with van der Waals surface area (Å²) in [6, 6.07) is 0.387. The topological polar surface area (TPSA) is 41.6 Å². The molecule has 15 heavy (non-hydrogen) atoms. The molecule has 4 heteroatoms. The van der Waals surface area contributed by atoms with E-state index in [1.165, 1.54) is 0 Å². The van der Waals surface area contributed by atoms with Crippen LogP contribution in [0.2, 0.25) is 0 Å². The maximum atomic E-state index is 11.7. The summed E-state index contributed by atoms with van der Waals surface area (Å²) >= 11 is 0. The van der Waals surface area contributed by atoms with Crippen molar-refractivity contribution in [2.45, 2.75) is 39.3 Å². The monoisotopic (exact) mass is 214 g/mol. The van der Waals surface area contributed by atoms with Crippen LogP contribution in [0.3, 0.4) is 0 Å². The molecule has 0 radical (unpaired) electrons. The zero-order valence-corrected chi connectivity index (χ0v) is 10.3. The SMILES string of the molecule is CN[C@@H]1CN(C(=O)OC(C)(C)C)C[C@@H]1C. The second-order valence-electron chi connectivity index (χ2n) is 5.26. The van der Waals surface area contributed by atoms with Crippen molar-refractivity contribution in [3.8, 4) is 0 Å². The van der Waals surface area contributed by atoms with E-state index in [9.17, 15) is 4.79 Å². The molecule has 0 bridgehead atoms. The summed E-state index contributed by atoms with van der Waals surface area (Å²) in [4.78, 5) is 13.5. The van der Waals surface area contributed by atoms with Crippen molar-refractivity contribution in [2.75, 3.05) is 20.1 Å². The summed E-state index contributed by atoms with van der Waals surface area (Å²) in [7, 11) is 1.93. The van der Waals surface area contributed by atoms with Gasteiger partial charge in [-0.2, -0.15) is 0 Å². The highest BCUT2D eigenvalue weighted by molar-refractivity contribution is 5.68. The predicted molar refractivity (Wildman–Crippen MR) is 59.8 cm³/mol. The molecule has 0 aromatic heterocycles. The molecule has 0 spiro atoms. The molecular weight excluding hydrogens is 192 g/mol. The average Bonchev–Trinajstić information content (AvgIpc) is 2.43. The lowest BCUT2D eigenvalue weighted by molar-refractivity contribution is 0.0287. The van der Waals surface area contributed by atoms with E-state index >= 15 is 0 Å². The fourth-order valence-electron chi connectivity index (χ4n) is 1.82. The highest BCUT2D eigenvalue weighted by atomic mass is 16.6. The number of ether oxygens (including phenoxy) is 1. The van der Waals surface area contributed by atoms with E-state index in [0.29, 0.717) is 12.0 Å². The third-order valence-corrected chi connectivity index (χ3v) is 2.63. The molecule has 1 aliphatic rings. The lowest BCUT2D eigenvalue weighted by atomic mass is 10.1. The van der Waals surface area contributed by atoms with Gasteiger partial charge in [0.1, 0.15) is 5.60 Å². The number of carbonyl (C=O) groups is 1. The summed E-state index contributed by atoms with van der Waals surface area (Å²) in [5.41, 5.74) is -0.405. The Balaban J connectivity index is 2.50. The molecule has 88 valence electrons. The second kappa shape index (κ2) is 4.39. The average molecular weight is 214 g/mol. The van der Waals surface area contributed by atoms with E-state index in [2.05, 4.69) is 12.2 Å². The zero-order valence-electron chi connectivity index (χ0n) is 10.3. The number of likely N-dealkylation sites (N-methyl/N-ethyl adjacent to an activating group) is 1. The molecule has 0 aliphatic carbocycles. The molecular formula is C11H22N2O2. The molecule has 1 fully saturated rings. The molecule has 1 aliphatic heterocycles. The summed E-state index contributed by atoms with van der Waals surface area (Å²) in [5.74, 6) is 0.488. The van der Waals surface area contributed by atoms with Crippen molar-refractivity contribution in [2.24, 2.45) is 5.92 Å². The van der Waals surface area contributed by atoms with Crippen LogP contribution >= 0.6 is 0 Å². The first-order valence-electron chi connectivity index (χ1n) is 5.48. The van der Waals surface area contributed by atoms with Crippen molar-refractivity contribution in [3.05, 3.63) is 0 Å². The normalized spacial score (nSPS) is 26.9. The van der Waals surface area contributed by atoms with E-state index in [0.717, 1.165) is 13.1 Å². The second-order valence-corrected chi connectivity index (χ2v) is 5.26. The number of amides is 1. The van der Waals surface area contributed by atoms with Crippen molar-refractivity contribution < 1.29 is 9.53 Å². The third kappa shape index (κ3) is 3.38. The minimum atomic E-state index is -0.405. The Labute approximate surface area is 92.0 Å². The first kappa shape index (κ1) is 12.3. The molecule has 1 amide bonds. The molecule has 2 atom stereocenters. The van der Waals surface area contributed by atoms with Crippen LogP contribution in [0.4, 0.5) is 4.79 Å². The Bertz CT molecular complexity index is 235. The molecule has 4 nitrogen and oxygen atoms in total. The van der Waals surface area contributed by atoms with E-state index in [4.69, 9.17) is 4.74 Å². The van der Waals surface area contributed by atoms with Crippen LogP contribution < -0.4 is 5.32 Å². The fraction of sp³-hybridized carbons (Fsp3) is 0.909. The van der Waals surface area contributed by atoms with Crippen LogP contribution in [0, 0.1) is 5.92 Å². The van der Waals surface area contributed by atoms with Crippen LogP contribution in [-0.2, 0) is 4.74 Å². The van der Waals surface area contributed by atoms with Crippen molar-refractivity contribution >= 4 is 6.09 Å². The van der Waals surface area contributed by atoms with Crippen molar-refractivity contribution in [1.82, 2.24) is 10.2 Å². The minimum absolute atomic E-state index is 0.202. The van der Waals surface area contributed by atoms with Gasteiger partial charge >= 0.3 is 6.09 Å². The van der Waals surface area contributed by atoms with Crippen LogP contribution in [0.25, 0.3) is 0 Å². The molecule has 0 aromatic carbocycles. The van der Waals surface area contributed by atoms with Crippen molar-refractivity contribution in [3.63, 3.8) is 0 Å². The molecule has 1 N–H and O–H groups in total. The summed E-state index contributed by atoms with van der Waals surface area (Å²) in [5, 5.41) is 3.21. The first-order valence-corrected chi connectivity index (χ1v) is 5.48. The smallest absolute Gasteiger partial charge is 0.410 e. The summed E-state index contributed by atoms with van der Waals surface area (Å²) in [6.45, 7) is 9.33. The van der Waals surface area contributed by atoms with Gasteiger partial charge in [-0.1, -0.05) is 6.92 Å². The van der Waals surface area contributed by atoms with E-state index in [1.807, 2.05) is 27.8 Å². The van der Waals surface area contributed by atoms with Crippen LogP contribution in [0.5, 0.6) is 0 Å². The van der Waals surface area contributed by atoms with E-state index in [-0.39, 0.29) is 6.09 Å². The van der Waals surface area contributed by atoms with Crippen LogP contribution in [0.15, 0.2) is 0 Å². The molecule has 0 saturated carbocycles. The standard InChI is InChI=1S/C11H22N2O2/c1-8-6-13(7-9(8)12-5)10(14)15-11(2,3)4/h8-9,12H,6-7H2,1-5H3/t8-,9+/m0/s1. The van der Waals surface area contributed by atoms with Gasteiger partial charge in [0.15, 0.2) is 0 Å². The van der Waals surface area contributed by atoms with Gasteiger partial charge in [-0.25, -0.2) is 4.79 Å². The Hall–Kier alpha value is -0.770. The van der Waals surface area contributed by atoms with Gasteiger partial charge in [-0.05, 0) is 33.7 Å². The highest BCUT2D eigenvalue weighted by Gasteiger charge is 2.33. The van der Waals surface area contributed by atoms with E-state index in [1.54, 1.807) is 4.90 Å². The van der Waals surface area contributed by atoms with Gasteiger partial charge in [-0.15, -0.1) is 0 Å². The molecule has 1 rings (SSSR count). The Morgan fingerprint density at radius 2 is 2.00 bits per heavy atom. The number of hydrogen-bond donors (Lipinski definition) is 1. The quantitative estimate of drug-likeness (QED) is 0.718. The van der Waals surface area contributed by atoms with Crippen LogP contribution in [0.1, 0.15) is 27.7 Å². The van der Waals surface area contributed by atoms with Crippen molar-refractivity contribution in [1.29, 1.82) is 0 Å². The molecule has 0 aromatic rings. The Morgan fingerprint density at radius 3 is 2.40 bits per heavy atom. The van der Waals surface area contributed by atoms with Gasteiger partial charge in [0.2, 0.25) is 0 Å². The van der Waals surface area contributed by atoms with E-state index < -0.39 is 5.60 Å². The summed E-state index contributed by atoms with van der Waals surface area (Å²) in [6.07, 6.45) is -0.202. The maximum Gasteiger partial charge on any atom is 0.410 e. The Kier molecular flexibility index (Phi) is 3.60. The first-order chi connectivity index (χ1) is 6.83. The third-order valence-electron chi connectivity index (χ3n) is 2.63. The number of rotatable bonds is 1. The molecule has 1 saturated heterocycles. The number of nitrogens with zero attached hydrogens (tertiary/aromatic N) is 1. The molecule has 0 unspecified atom stereocenters. The van der Waals surface area contributed by atoms with Gasteiger partial charge in [0, 0.05) is 19.1 Å². The number of likely N-dealkylation sites (tertiary alicyclic amines) is 1. The minimum Gasteiger partial charge on any atom is -0.444 e. The van der Waals surface area contributed by atoms with Gasteiger partial charge < -0.3 is 15.0 Å². The Morgan fingerprint density at radius 1 is 1.40 bits per heavy atom. The maximum absolute atomic E-state index is 11.7. The number of nitrogens with one attached hydrogen (secondary N) is 1. The predicted octanol–water partition coefficient (Wildman–Crippen LogP) is 1.46. The van der Waals surface area contributed by atoms with Gasteiger partial charge in [0.05, 0.1) is 0 Å². The highest BCUT2D eigenvalue weighted by Crippen LogP contribution is 2.19. The summed E-state index contributed by atoms with van der Waals surface area (Å²) < 4.78 is 5.32. The largest absolute Gasteiger partial charge is 0.444 e. The molecule has 1 heterocycles. The van der Waals surface area contributed by atoms with Gasteiger partial charge in [0.25, 0.3) is 0 Å². The number of hydrogen-bond acceptors (Lipinski definition) is 3. The zero-order chi connectivity index (χ0) is 11.6. The number of carbonyl (C=O) groups excluding carboxylic acids is 1. The fourth-order valence-corrected chi connectivity index (χ4v) is 1.82. The lowest BCUT2D eigenvalue weighted by Crippen LogP contribution is -2.37. The van der Waals surface area contributed by atoms with Crippen LogP contribution in [-0.4, -0.2) is 42.8 Å².